The second-order valence-corrected chi connectivity index (χ2v) is 3.40. The number of esters is 2. The minimum atomic E-state index is -1.05. The number of aliphatic hydroxyl groups is 1. The third kappa shape index (κ3) is 4.65. The Morgan fingerprint density at radius 3 is 2.53 bits per heavy atom. The molecule has 0 fully saturated rings. The molecule has 17 heavy (non-hydrogen) atoms. The maximum atomic E-state index is 11.5. The van der Waals surface area contributed by atoms with E-state index in [0.717, 1.165) is 0 Å². The van der Waals surface area contributed by atoms with Crippen LogP contribution in [0.3, 0.4) is 0 Å². The molecule has 5 heteroatoms. The molecule has 0 spiro atoms. The van der Waals surface area contributed by atoms with Crippen LogP contribution in [0, 0.1) is 0 Å². The van der Waals surface area contributed by atoms with Crippen LogP contribution in [0.4, 0.5) is 0 Å². The van der Waals surface area contributed by atoms with Crippen LogP contribution in [0.25, 0.3) is 0 Å². The van der Waals surface area contributed by atoms with Crippen LogP contribution in [0.5, 0.6) is 0 Å². The van der Waals surface area contributed by atoms with E-state index in [2.05, 4.69) is 4.74 Å². The highest BCUT2D eigenvalue weighted by Crippen LogP contribution is 2.03. The average Bonchev–Trinajstić information content (AvgIpc) is 2.36. The number of hydrogen-bond acceptors (Lipinski definition) is 5. The summed E-state index contributed by atoms with van der Waals surface area (Å²) in [5.41, 5.74) is 0.401. The van der Waals surface area contributed by atoms with Gasteiger partial charge in [-0.15, -0.1) is 0 Å². The van der Waals surface area contributed by atoms with Gasteiger partial charge in [0.05, 0.1) is 25.2 Å². The van der Waals surface area contributed by atoms with Crippen molar-refractivity contribution in [3.05, 3.63) is 35.9 Å². The van der Waals surface area contributed by atoms with E-state index in [-0.39, 0.29) is 13.0 Å². The number of carbonyl (C=O) groups is 2. The van der Waals surface area contributed by atoms with Gasteiger partial charge < -0.3 is 14.6 Å². The maximum absolute atomic E-state index is 11.5. The molecular formula is C12H14O5. The van der Waals surface area contributed by atoms with E-state index in [1.165, 1.54) is 7.11 Å². The van der Waals surface area contributed by atoms with Crippen molar-refractivity contribution < 1.29 is 24.2 Å². The Hall–Kier alpha value is -1.88. The van der Waals surface area contributed by atoms with Gasteiger partial charge in [0.2, 0.25) is 0 Å². The number of methoxy groups -OCH3 is 1. The Labute approximate surface area is 99.0 Å². The van der Waals surface area contributed by atoms with Gasteiger partial charge in [-0.05, 0) is 12.1 Å². The zero-order valence-corrected chi connectivity index (χ0v) is 9.46. The first-order valence-corrected chi connectivity index (χ1v) is 5.10. The molecule has 0 radical (unpaired) electrons. The van der Waals surface area contributed by atoms with E-state index in [4.69, 9.17) is 4.74 Å². The van der Waals surface area contributed by atoms with Crippen molar-refractivity contribution in [2.24, 2.45) is 0 Å². The zero-order valence-electron chi connectivity index (χ0n) is 9.46. The second kappa shape index (κ2) is 6.65. The molecule has 0 aromatic heterocycles. The van der Waals surface area contributed by atoms with Gasteiger partial charge >= 0.3 is 11.9 Å². The fourth-order valence-electron chi connectivity index (χ4n) is 1.16. The predicted octanol–water partition coefficient (Wildman–Crippen LogP) is 0.767. The molecule has 0 saturated carbocycles. The highest BCUT2D eigenvalue weighted by atomic mass is 16.5. The van der Waals surface area contributed by atoms with E-state index >= 15 is 0 Å². The third-order valence-electron chi connectivity index (χ3n) is 2.05. The first-order chi connectivity index (χ1) is 8.13. The normalized spacial score (nSPS) is 11.6. The Bertz CT molecular complexity index is 374. The van der Waals surface area contributed by atoms with Crippen molar-refractivity contribution in [1.29, 1.82) is 0 Å². The molecule has 5 nitrogen and oxygen atoms in total. The van der Waals surface area contributed by atoms with Gasteiger partial charge in [-0.2, -0.15) is 0 Å². The summed E-state index contributed by atoms with van der Waals surface area (Å²) in [6.45, 7) is -0.233. The Balaban J connectivity index is 2.36. The Morgan fingerprint density at radius 1 is 1.29 bits per heavy atom. The maximum Gasteiger partial charge on any atom is 0.338 e. The lowest BCUT2D eigenvalue weighted by molar-refractivity contribution is -0.143. The van der Waals surface area contributed by atoms with E-state index in [1.807, 2.05) is 0 Å². The van der Waals surface area contributed by atoms with Crippen LogP contribution in [-0.2, 0) is 14.3 Å². The monoisotopic (exact) mass is 238 g/mol. The van der Waals surface area contributed by atoms with Crippen molar-refractivity contribution in [3.8, 4) is 0 Å². The minimum absolute atomic E-state index is 0.196. The minimum Gasteiger partial charge on any atom is -0.469 e. The Morgan fingerprint density at radius 2 is 1.94 bits per heavy atom. The summed E-state index contributed by atoms with van der Waals surface area (Å²) in [6, 6.07) is 8.41. The first kappa shape index (κ1) is 13.2. The van der Waals surface area contributed by atoms with Crippen LogP contribution in [0.15, 0.2) is 30.3 Å². The highest BCUT2D eigenvalue weighted by molar-refractivity contribution is 5.89. The van der Waals surface area contributed by atoms with Crippen molar-refractivity contribution >= 4 is 11.9 Å². The van der Waals surface area contributed by atoms with Crippen LogP contribution >= 0.6 is 0 Å². The predicted molar refractivity (Wildman–Crippen MR) is 59.4 cm³/mol. The third-order valence-corrected chi connectivity index (χ3v) is 2.05. The van der Waals surface area contributed by atoms with E-state index in [1.54, 1.807) is 30.3 Å². The summed E-state index contributed by atoms with van der Waals surface area (Å²) >= 11 is 0. The first-order valence-electron chi connectivity index (χ1n) is 5.10. The molecule has 1 aromatic rings. The number of carbonyl (C=O) groups excluding carboxylic acids is 2. The number of rotatable bonds is 5. The van der Waals surface area contributed by atoms with Gasteiger partial charge in [0.1, 0.15) is 6.61 Å². The molecule has 0 unspecified atom stereocenters. The van der Waals surface area contributed by atoms with Crippen molar-refractivity contribution in [1.82, 2.24) is 0 Å². The summed E-state index contributed by atoms with van der Waals surface area (Å²) in [7, 11) is 1.23. The highest BCUT2D eigenvalue weighted by Gasteiger charge is 2.14. The molecule has 92 valence electrons. The zero-order chi connectivity index (χ0) is 12.7. The molecule has 1 rings (SSSR count). The van der Waals surface area contributed by atoms with E-state index in [0.29, 0.717) is 5.56 Å². The van der Waals surface area contributed by atoms with Crippen LogP contribution in [0.2, 0.25) is 0 Å². The molecule has 0 aliphatic rings. The molecule has 0 aliphatic carbocycles. The second-order valence-electron chi connectivity index (χ2n) is 3.40. The average molecular weight is 238 g/mol. The fraction of sp³-hybridized carbons (Fsp3) is 0.333. The molecule has 1 N–H and O–H groups in total. The van der Waals surface area contributed by atoms with Gasteiger partial charge in [-0.25, -0.2) is 4.79 Å². The summed E-state index contributed by atoms with van der Waals surface area (Å²) in [4.78, 5) is 22.3. The molecule has 0 bridgehead atoms. The van der Waals surface area contributed by atoms with Crippen LogP contribution < -0.4 is 0 Å². The van der Waals surface area contributed by atoms with Crippen LogP contribution in [-0.4, -0.2) is 36.9 Å². The number of benzene rings is 1. The quantitative estimate of drug-likeness (QED) is 0.767. The van der Waals surface area contributed by atoms with E-state index in [9.17, 15) is 14.7 Å². The standard InChI is InChI=1S/C12H14O5/c1-16-11(14)7-10(13)8-17-12(15)9-5-3-2-4-6-9/h2-6,10,13H,7-8H2,1H3/t10-/m0/s1. The lowest BCUT2D eigenvalue weighted by Gasteiger charge is -2.09. The largest absolute Gasteiger partial charge is 0.469 e. The summed E-state index contributed by atoms with van der Waals surface area (Å²) in [5, 5.41) is 9.37. The molecule has 0 amide bonds. The van der Waals surface area contributed by atoms with E-state index < -0.39 is 18.0 Å². The van der Waals surface area contributed by atoms with Gasteiger partial charge in [0.15, 0.2) is 0 Å². The molecule has 0 aliphatic heterocycles. The Kier molecular flexibility index (Phi) is 5.16. The van der Waals surface area contributed by atoms with Gasteiger partial charge in [-0.3, -0.25) is 4.79 Å². The van der Waals surface area contributed by atoms with Crippen molar-refractivity contribution in [2.75, 3.05) is 13.7 Å². The fourth-order valence-corrected chi connectivity index (χ4v) is 1.16. The SMILES string of the molecule is COC(=O)C[C@H](O)COC(=O)c1ccccc1. The summed E-state index contributed by atoms with van der Waals surface area (Å²) < 4.78 is 9.21. The molecule has 0 saturated heterocycles. The molecule has 1 atom stereocenters. The molecule has 1 aromatic carbocycles. The van der Waals surface area contributed by atoms with Crippen molar-refractivity contribution in [2.45, 2.75) is 12.5 Å². The van der Waals surface area contributed by atoms with Gasteiger partial charge in [0.25, 0.3) is 0 Å². The molecular weight excluding hydrogens is 224 g/mol. The summed E-state index contributed by atoms with van der Waals surface area (Å²) in [5.74, 6) is -1.08. The topological polar surface area (TPSA) is 72.8 Å². The van der Waals surface area contributed by atoms with Gasteiger partial charge in [0, 0.05) is 0 Å². The number of hydrogen-bond donors (Lipinski definition) is 1. The van der Waals surface area contributed by atoms with Crippen LogP contribution in [0.1, 0.15) is 16.8 Å². The lowest BCUT2D eigenvalue weighted by Crippen LogP contribution is -2.22. The molecule has 0 heterocycles. The van der Waals surface area contributed by atoms with Gasteiger partial charge in [-0.1, -0.05) is 18.2 Å². The summed E-state index contributed by atoms with van der Waals surface area (Å²) in [6.07, 6.45) is -1.24. The smallest absolute Gasteiger partial charge is 0.338 e. The van der Waals surface area contributed by atoms with Crippen molar-refractivity contribution in [3.63, 3.8) is 0 Å². The lowest BCUT2D eigenvalue weighted by atomic mass is 10.2. The number of aliphatic hydroxyl groups excluding tert-OH is 1. The number of ether oxygens (including phenoxy) is 2.